The van der Waals surface area contributed by atoms with Crippen molar-refractivity contribution in [2.24, 2.45) is 0 Å². The fourth-order valence-electron chi connectivity index (χ4n) is 1.08. The van der Waals surface area contributed by atoms with E-state index in [1.807, 2.05) is 0 Å². The molecule has 0 aromatic heterocycles. The molecular formula is C10H19F3N2O3. The van der Waals surface area contributed by atoms with Crippen LogP contribution >= 0.6 is 0 Å². The van der Waals surface area contributed by atoms with Gasteiger partial charge in [-0.2, -0.15) is 13.2 Å². The number of amides is 1. The summed E-state index contributed by atoms with van der Waals surface area (Å²) in [4.78, 5) is 11.4. The van der Waals surface area contributed by atoms with Gasteiger partial charge < -0.3 is 20.5 Å². The third-order valence-electron chi connectivity index (χ3n) is 2.21. The molecule has 0 bridgehead atoms. The van der Waals surface area contributed by atoms with Gasteiger partial charge in [-0.1, -0.05) is 0 Å². The number of aliphatic hydroxyl groups excluding tert-OH is 1. The summed E-state index contributed by atoms with van der Waals surface area (Å²) in [5.41, 5.74) is 0. The van der Waals surface area contributed by atoms with E-state index in [1.54, 1.807) is 0 Å². The van der Waals surface area contributed by atoms with E-state index in [9.17, 15) is 18.0 Å². The predicted molar refractivity (Wildman–Crippen MR) is 59.0 cm³/mol. The van der Waals surface area contributed by atoms with Gasteiger partial charge >= 0.3 is 6.18 Å². The summed E-state index contributed by atoms with van der Waals surface area (Å²) in [6.45, 7) is 1.60. The van der Waals surface area contributed by atoms with Crippen molar-refractivity contribution >= 4 is 5.91 Å². The monoisotopic (exact) mass is 272 g/mol. The maximum atomic E-state index is 12.0. The third-order valence-corrected chi connectivity index (χ3v) is 2.21. The van der Waals surface area contributed by atoms with E-state index in [4.69, 9.17) is 9.84 Å². The predicted octanol–water partition coefficient (Wildman–Crippen LogP) is 0.0404. The number of rotatable bonds is 8. The van der Waals surface area contributed by atoms with Gasteiger partial charge in [-0.25, -0.2) is 0 Å². The summed E-state index contributed by atoms with van der Waals surface area (Å²) in [5.74, 6) is -0.416. The third kappa shape index (κ3) is 7.46. The quantitative estimate of drug-likeness (QED) is 0.546. The number of hydrogen-bond acceptors (Lipinski definition) is 4. The van der Waals surface area contributed by atoms with Crippen molar-refractivity contribution in [1.29, 1.82) is 0 Å². The highest BCUT2D eigenvalue weighted by Gasteiger charge is 2.38. The van der Waals surface area contributed by atoms with Crippen LogP contribution < -0.4 is 10.6 Å². The maximum Gasteiger partial charge on any atom is 0.415 e. The van der Waals surface area contributed by atoms with Crippen LogP contribution in [0.4, 0.5) is 13.2 Å². The topological polar surface area (TPSA) is 70.6 Å². The largest absolute Gasteiger partial charge is 0.415 e. The number of methoxy groups -OCH3 is 1. The first kappa shape index (κ1) is 17.1. The Hall–Kier alpha value is -0.860. The number of aliphatic hydroxyl groups is 1. The van der Waals surface area contributed by atoms with Crippen LogP contribution in [-0.4, -0.2) is 56.1 Å². The number of nitrogens with one attached hydrogen (secondary N) is 2. The Balaban J connectivity index is 3.81. The van der Waals surface area contributed by atoms with Gasteiger partial charge in [0.2, 0.25) is 5.91 Å². The zero-order chi connectivity index (χ0) is 14.2. The highest BCUT2D eigenvalue weighted by Crippen LogP contribution is 2.19. The molecule has 18 heavy (non-hydrogen) atoms. The lowest BCUT2D eigenvalue weighted by molar-refractivity contribution is -0.202. The minimum Gasteiger partial charge on any atom is -0.385 e. The minimum atomic E-state index is -4.68. The van der Waals surface area contributed by atoms with E-state index in [-0.39, 0.29) is 0 Å². The first-order valence-corrected chi connectivity index (χ1v) is 5.53. The molecule has 0 aliphatic rings. The van der Waals surface area contributed by atoms with Gasteiger partial charge in [0.25, 0.3) is 0 Å². The molecule has 0 heterocycles. The van der Waals surface area contributed by atoms with Crippen LogP contribution in [0.1, 0.15) is 13.3 Å². The van der Waals surface area contributed by atoms with Crippen molar-refractivity contribution in [2.75, 3.05) is 26.8 Å². The molecule has 3 N–H and O–H groups in total. The minimum absolute atomic E-state index is 0.389. The Labute approximate surface area is 104 Å². The molecule has 5 nitrogen and oxygen atoms in total. The molecule has 0 aromatic carbocycles. The Morgan fingerprint density at radius 2 is 2.06 bits per heavy atom. The number of carbonyl (C=O) groups is 1. The second kappa shape index (κ2) is 8.28. The highest BCUT2D eigenvalue weighted by atomic mass is 19.4. The fourth-order valence-corrected chi connectivity index (χ4v) is 1.08. The van der Waals surface area contributed by atoms with Gasteiger partial charge in [0.15, 0.2) is 6.10 Å². The van der Waals surface area contributed by atoms with Gasteiger partial charge in [-0.05, 0) is 13.3 Å². The Morgan fingerprint density at radius 3 is 2.56 bits per heavy atom. The van der Waals surface area contributed by atoms with Crippen molar-refractivity contribution in [3.8, 4) is 0 Å². The maximum absolute atomic E-state index is 12.0. The molecule has 0 saturated carbocycles. The number of alkyl halides is 3. The Morgan fingerprint density at radius 1 is 1.44 bits per heavy atom. The van der Waals surface area contributed by atoms with Crippen molar-refractivity contribution in [1.82, 2.24) is 10.6 Å². The molecule has 0 radical (unpaired) electrons. The lowest BCUT2D eigenvalue weighted by Gasteiger charge is -2.18. The van der Waals surface area contributed by atoms with Gasteiger partial charge in [0.05, 0.1) is 6.04 Å². The SMILES string of the molecule is COCCCNC(=O)C(C)NCC(O)C(F)(F)F. The number of hydrogen-bond donors (Lipinski definition) is 3. The van der Waals surface area contributed by atoms with Gasteiger partial charge in [-0.3, -0.25) is 4.79 Å². The fraction of sp³-hybridized carbons (Fsp3) is 0.900. The summed E-state index contributed by atoms with van der Waals surface area (Å²) < 4.78 is 40.7. The van der Waals surface area contributed by atoms with Crippen molar-refractivity contribution < 1.29 is 27.8 Å². The first-order chi connectivity index (χ1) is 8.29. The first-order valence-electron chi connectivity index (χ1n) is 5.53. The lowest BCUT2D eigenvalue weighted by atomic mass is 10.2. The van der Waals surface area contributed by atoms with E-state index in [0.717, 1.165) is 0 Å². The van der Waals surface area contributed by atoms with Crippen molar-refractivity contribution in [3.05, 3.63) is 0 Å². The summed E-state index contributed by atoms with van der Waals surface area (Å²) >= 11 is 0. The highest BCUT2D eigenvalue weighted by molar-refractivity contribution is 5.81. The average molecular weight is 272 g/mol. The van der Waals surface area contributed by atoms with Crippen LogP contribution in [0.5, 0.6) is 0 Å². The van der Waals surface area contributed by atoms with Crippen molar-refractivity contribution in [3.63, 3.8) is 0 Å². The molecule has 0 aromatic rings. The van der Waals surface area contributed by atoms with Gasteiger partial charge in [0.1, 0.15) is 0 Å². The van der Waals surface area contributed by atoms with E-state index >= 15 is 0 Å². The second-order valence-electron chi connectivity index (χ2n) is 3.82. The molecular weight excluding hydrogens is 253 g/mol. The van der Waals surface area contributed by atoms with Crippen LogP contribution in [0.15, 0.2) is 0 Å². The molecule has 2 unspecified atom stereocenters. The van der Waals surface area contributed by atoms with E-state index < -0.39 is 30.8 Å². The van der Waals surface area contributed by atoms with Gasteiger partial charge in [0, 0.05) is 26.8 Å². The smallest absolute Gasteiger partial charge is 0.385 e. The molecule has 2 atom stereocenters. The molecule has 0 spiro atoms. The number of halogens is 3. The molecule has 1 amide bonds. The number of ether oxygens (including phenoxy) is 1. The van der Waals surface area contributed by atoms with Crippen LogP contribution in [0.3, 0.4) is 0 Å². The van der Waals surface area contributed by atoms with Crippen LogP contribution in [0, 0.1) is 0 Å². The standard InChI is InChI=1S/C10H19F3N2O3/c1-7(9(17)14-4-3-5-18-2)15-6-8(16)10(11,12)13/h7-8,15-16H,3-6H2,1-2H3,(H,14,17). The lowest BCUT2D eigenvalue weighted by Crippen LogP contribution is -2.47. The molecule has 0 rings (SSSR count). The van der Waals surface area contributed by atoms with Crippen molar-refractivity contribution in [2.45, 2.75) is 31.7 Å². The molecule has 8 heteroatoms. The van der Waals surface area contributed by atoms with Crippen LogP contribution in [0.25, 0.3) is 0 Å². The molecule has 0 saturated heterocycles. The summed E-state index contributed by atoms with van der Waals surface area (Å²) in [5, 5.41) is 13.6. The van der Waals surface area contributed by atoms with Gasteiger partial charge in [-0.15, -0.1) is 0 Å². The summed E-state index contributed by atoms with van der Waals surface area (Å²) in [6.07, 6.45) is -6.52. The summed E-state index contributed by atoms with van der Waals surface area (Å²) in [6, 6.07) is -0.801. The second-order valence-corrected chi connectivity index (χ2v) is 3.82. The van der Waals surface area contributed by atoms with E-state index in [0.29, 0.717) is 19.6 Å². The molecule has 108 valence electrons. The Kier molecular flexibility index (Phi) is 7.88. The summed E-state index contributed by atoms with van der Waals surface area (Å²) in [7, 11) is 1.53. The molecule has 0 aliphatic carbocycles. The molecule has 0 aliphatic heterocycles. The average Bonchev–Trinajstić information content (AvgIpc) is 2.29. The molecule has 0 fully saturated rings. The number of carbonyl (C=O) groups excluding carboxylic acids is 1. The zero-order valence-corrected chi connectivity index (χ0v) is 10.4. The normalized spacial score (nSPS) is 15.2. The van der Waals surface area contributed by atoms with E-state index in [2.05, 4.69) is 10.6 Å². The zero-order valence-electron chi connectivity index (χ0n) is 10.4. The Bertz CT molecular complexity index is 249. The van der Waals surface area contributed by atoms with Crippen LogP contribution in [0.2, 0.25) is 0 Å². The van der Waals surface area contributed by atoms with Crippen LogP contribution in [-0.2, 0) is 9.53 Å². The van der Waals surface area contributed by atoms with E-state index in [1.165, 1.54) is 14.0 Å².